The quantitative estimate of drug-likeness (QED) is 0.492. The summed E-state index contributed by atoms with van der Waals surface area (Å²) < 4.78 is 0. The normalized spacial score (nSPS) is 10.7. The van der Waals surface area contributed by atoms with Gasteiger partial charge in [-0.15, -0.1) is 0 Å². The lowest BCUT2D eigenvalue weighted by Gasteiger charge is -2.24. The summed E-state index contributed by atoms with van der Waals surface area (Å²) in [5.74, 6) is -1.17. The summed E-state index contributed by atoms with van der Waals surface area (Å²) in [4.78, 5) is 35.4. The van der Waals surface area contributed by atoms with Crippen LogP contribution in [0.15, 0.2) is 85.3 Å². The monoisotopic (exact) mass is 411 g/mol. The van der Waals surface area contributed by atoms with Crippen LogP contribution in [0, 0.1) is 0 Å². The maximum Gasteiger partial charge on any atom is 0.336 e. The molecule has 0 saturated carbocycles. The molecular weight excluding hydrogens is 390 g/mol. The summed E-state index contributed by atoms with van der Waals surface area (Å²) in [6.45, 7) is 0.899. The van der Waals surface area contributed by atoms with E-state index < -0.39 is 5.97 Å². The molecule has 0 bridgehead atoms. The number of hydrogen-bond acceptors (Lipinski definition) is 4. The largest absolute Gasteiger partial charge is 0.478 e. The smallest absolute Gasteiger partial charge is 0.336 e. The van der Waals surface area contributed by atoms with Gasteiger partial charge in [0.15, 0.2) is 0 Å². The van der Waals surface area contributed by atoms with Crippen LogP contribution in [0.25, 0.3) is 10.8 Å². The summed E-state index contributed by atoms with van der Waals surface area (Å²) in [6, 6.07) is 19.7. The second-order valence-corrected chi connectivity index (χ2v) is 7.16. The van der Waals surface area contributed by atoms with Gasteiger partial charge in [0.1, 0.15) is 0 Å². The molecule has 0 aliphatic carbocycles. The molecular formula is C25H21N3O3. The number of aromatic carboxylic acids is 1. The molecule has 4 aromatic rings. The molecule has 0 aliphatic heterocycles. The van der Waals surface area contributed by atoms with E-state index in [4.69, 9.17) is 0 Å². The van der Waals surface area contributed by atoms with Crippen molar-refractivity contribution in [2.24, 2.45) is 0 Å². The topological polar surface area (TPSA) is 83.4 Å². The number of carboxylic acids is 1. The molecule has 154 valence electrons. The highest BCUT2D eigenvalue weighted by molar-refractivity contribution is 6.12. The predicted molar refractivity (Wildman–Crippen MR) is 118 cm³/mol. The van der Waals surface area contributed by atoms with Gasteiger partial charge in [-0.05, 0) is 52.7 Å². The van der Waals surface area contributed by atoms with E-state index in [-0.39, 0.29) is 11.5 Å². The number of carboxylic acid groups (broad SMARTS) is 1. The molecule has 0 aliphatic rings. The standard InChI is InChI=1S/C25H21N3O3/c29-24(22-8-3-7-21-20(22)6-4-9-23(21)25(30)31)28(17-18-10-14-26-15-11-18)16-12-19-5-1-2-13-27-19/h1-11,13-15H,12,16-17H2,(H,30,31). The minimum absolute atomic E-state index is 0.152. The first-order valence-corrected chi connectivity index (χ1v) is 9.96. The highest BCUT2D eigenvalue weighted by Crippen LogP contribution is 2.24. The summed E-state index contributed by atoms with van der Waals surface area (Å²) in [5.41, 5.74) is 2.54. The summed E-state index contributed by atoms with van der Waals surface area (Å²) >= 11 is 0. The van der Waals surface area contributed by atoms with E-state index in [9.17, 15) is 14.7 Å². The number of amides is 1. The number of fused-ring (bicyclic) bond motifs is 1. The van der Waals surface area contributed by atoms with Crippen molar-refractivity contribution in [1.82, 2.24) is 14.9 Å². The van der Waals surface area contributed by atoms with Crippen LogP contribution in [0.5, 0.6) is 0 Å². The minimum atomic E-state index is -1.01. The fourth-order valence-electron chi connectivity index (χ4n) is 3.61. The van der Waals surface area contributed by atoms with Crippen molar-refractivity contribution in [2.45, 2.75) is 13.0 Å². The maximum absolute atomic E-state index is 13.6. The second kappa shape index (κ2) is 9.17. The Morgan fingerprint density at radius 3 is 2.19 bits per heavy atom. The van der Waals surface area contributed by atoms with Gasteiger partial charge in [-0.2, -0.15) is 0 Å². The number of hydrogen-bond donors (Lipinski definition) is 1. The number of carbonyl (C=O) groups excluding carboxylic acids is 1. The third-order valence-corrected chi connectivity index (χ3v) is 5.16. The lowest BCUT2D eigenvalue weighted by Crippen LogP contribution is -2.32. The van der Waals surface area contributed by atoms with Gasteiger partial charge < -0.3 is 10.0 Å². The van der Waals surface area contributed by atoms with Crippen molar-refractivity contribution in [3.8, 4) is 0 Å². The molecule has 2 aromatic carbocycles. The highest BCUT2D eigenvalue weighted by Gasteiger charge is 2.20. The molecule has 4 rings (SSSR count). The molecule has 0 saturated heterocycles. The van der Waals surface area contributed by atoms with Crippen LogP contribution in [-0.2, 0) is 13.0 Å². The van der Waals surface area contributed by atoms with Gasteiger partial charge in [0.05, 0.1) is 5.56 Å². The number of benzene rings is 2. The Hall–Kier alpha value is -4.06. The summed E-state index contributed by atoms with van der Waals surface area (Å²) in [6.07, 6.45) is 5.76. The SMILES string of the molecule is O=C(O)c1cccc2c(C(=O)N(CCc3ccccn3)Cc3ccncc3)cccc12. The fraction of sp³-hybridized carbons (Fsp3) is 0.120. The third kappa shape index (κ3) is 4.59. The zero-order chi connectivity index (χ0) is 21.6. The Balaban J connectivity index is 1.69. The van der Waals surface area contributed by atoms with Crippen LogP contribution in [0.2, 0.25) is 0 Å². The van der Waals surface area contributed by atoms with Gasteiger partial charge in [0.2, 0.25) is 0 Å². The molecule has 31 heavy (non-hydrogen) atoms. The molecule has 0 unspecified atom stereocenters. The van der Waals surface area contributed by atoms with Crippen LogP contribution < -0.4 is 0 Å². The van der Waals surface area contributed by atoms with E-state index >= 15 is 0 Å². The molecule has 2 aromatic heterocycles. The highest BCUT2D eigenvalue weighted by atomic mass is 16.4. The molecule has 1 amide bonds. The van der Waals surface area contributed by atoms with Crippen molar-refractivity contribution < 1.29 is 14.7 Å². The second-order valence-electron chi connectivity index (χ2n) is 7.16. The molecule has 6 heteroatoms. The lowest BCUT2D eigenvalue weighted by molar-refractivity contribution is 0.0697. The van der Waals surface area contributed by atoms with Crippen molar-refractivity contribution in [2.75, 3.05) is 6.54 Å². The summed E-state index contributed by atoms with van der Waals surface area (Å²) in [5, 5.41) is 10.7. The molecule has 0 atom stereocenters. The van der Waals surface area contributed by atoms with Crippen molar-refractivity contribution in [3.05, 3.63) is 108 Å². The van der Waals surface area contributed by atoms with Crippen LogP contribution in [-0.4, -0.2) is 38.4 Å². The first-order valence-electron chi connectivity index (χ1n) is 9.96. The van der Waals surface area contributed by atoms with Crippen molar-refractivity contribution in [3.63, 3.8) is 0 Å². The fourth-order valence-corrected chi connectivity index (χ4v) is 3.61. The van der Waals surface area contributed by atoms with Gasteiger partial charge in [-0.3, -0.25) is 14.8 Å². The van der Waals surface area contributed by atoms with Gasteiger partial charge in [0.25, 0.3) is 5.91 Å². The predicted octanol–water partition coefficient (Wildman–Crippen LogP) is 4.21. The van der Waals surface area contributed by atoms with Gasteiger partial charge in [-0.25, -0.2) is 4.79 Å². The summed E-state index contributed by atoms with van der Waals surface area (Å²) in [7, 11) is 0. The van der Waals surface area contributed by atoms with E-state index in [0.717, 1.165) is 11.3 Å². The minimum Gasteiger partial charge on any atom is -0.478 e. The van der Waals surface area contributed by atoms with Crippen LogP contribution >= 0.6 is 0 Å². The van der Waals surface area contributed by atoms with Gasteiger partial charge in [0, 0.05) is 49.4 Å². The Labute approximate surface area is 179 Å². The van der Waals surface area contributed by atoms with E-state index in [1.165, 1.54) is 0 Å². The molecule has 0 fully saturated rings. The average molecular weight is 411 g/mol. The van der Waals surface area contributed by atoms with Gasteiger partial charge in [-0.1, -0.05) is 30.3 Å². The van der Waals surface area contributed by atoms with E-state index in [2.05, 4.69) is 9.97 Å². The number of nitrogens with zero attached hydrogens (tertiary/aromatic N) is 3. The molecule has 6 nitrogen and oxygen atoms in total. The Morgan fingerprint density at radius 2 is 1.52 bits per heavy atom. The third-order valence-electron chi connectivity index (χ3n) is 5.16. The molecule has 2 heterocycles. The Morgan fingerprint density at radius 1 is 0.806 bits per heavy atom. The van der Waals surface area contributed by atoms with Crippen molar-refractivity contribution >= 4 is 22.6 Å². The van der Waals surface area contributed by atoms with E-state index in [1.54, 1.807) is 59.9 Å². The number of aromatic nitrogens is 2. The maximum atomic E-state index is 13.6. The first kappa shape index (κ1) is 20.2. The van der Waals surface area contributed by atoms with Crippen LogP contribution in [0.3, 0.4) is 0 Å². The average Bonchev–Trinajstić information content (AvgIpc) is 2.81. The van der Waals surface area contributed by atoms with Gasteiger partial charge >= 0.3 is 5.97 Å². The molecule has 0 radical (unpaired) electrons. The number of carbonyl (C=O) groups is 2. The zero-order valence-corrected chi connectivity index (χ0v) is 16.8. The lowest BCUT2D eigenvalue weighted by atomic mass is 9.99. The number of pyridine rings is 2. The molecule has 0 spiro atoms. The molecule has 1 N–H and O–H groups in total. The first-order chi connectivity index (χ1) is 15.1. The van der Waals surface area contributed by atoms with Crippen LogP contribution in [0.4, 0.5) is 0 Å². The van der Waals surface area contributed by atoms with Crippen LogP contribution in [0.1, 0.15) is 32.0 Å². The van der Waals surface area contributed by atoms with E-state index in [1.807, 2.05) is 30.3 Å². The van der Waals surface area contributed by atoms with Crippen molar-refractivity contribution in [1.29, 1.82) is 0 Å². The Bertz CT molecular complexity index is 1210. The number of rotatable bonds is 7. The zero-order valence-electron chi connectivity index (χ0n) is 16.8. The Kier molecular flexibility index (Phi) is 5.98. The van der Waals surface area contributed by atoms with E-state index in [0.29, 0.717) is 35.8 Å².